The smallest absolute Gasteiger partial charge is 0.335 e. The maximum Gasteiger partial charge on any atom is 0.335 e. The third-order valence-electron chi connectivity index (χ3n) is 14.4. The van der Waals surface area contributed by atoms with Crippen LogP contribution in [0.5, 0.6) is 0 Å². The number of rotatable bonds is 54. The Bertz CT molecular complexity index is 1520. The number of hydrogen-bond acceptors (Lipinski definition) is 11. The molecule has 1 saturated heterocycles. The number of hydrogen-bond donors (Lipinski definition) is 3. The standard InChI is InChI=1S/C65H114O12/c1-4-7-10-13-16-19-22-25-27-28-29-30-32-34-36-39-42-45-48-51-57(66)73-54-56(75-58(67)52-49-46-43-40-38-35-31-26-23-20-17-14-11-8-5-2)55-74-65-63(61(70)60(69)62(77-65)64(71)72)76-59(68)53-50-47-44-41-37-33-24-21-18-15-12-9-6-3/h8,11,17,20,26,31,38,40,56,60-63,65,69-70H,4-7,9-10,12-16,18-19,21-25,27-30,32-37,39,41-55H2,1-3H3,(H,71,72)/b11-8-,20-17-,31-26-,40-38-. The molecule has 1 fully saturated rings. The summed E-state index contributed by atoms with van der Waals surface area (Å²) in [5.74, 6) is -3.15. The minimum Gasteiger partial charge on any atom is -0.479 e. The summed E-state index contributed by atoms with van der Waals surface area (Å²) in [6.07, 6.45) is 52.3. The van der Waals surface area contributed by atoms with E-state index in [0.29, 0.717) is 19.3 Å². The molecule has 0 aliphatic carbocycles. The van der Waals surface area contributed by atoms with Gasteiger partial charge in [-0.15, -0.1) is 0 Å². The van der Waals surface area contributed by atoms with Crippen molar-refractivity contribution in [2.75, 3.05) is 13.2 Å². The molecule has 0 spiro atoms. The lowest BCUT2D eigenvalue weighted by atomic mass is 9.98. The highest BCUT2D eigenvalue weighted by molar-refractivity contribution is 5.74. The van der Waals surface area contributed by atoms with E-state index in [0.717, 1.165) is 83.5 Å². The molecule has 12 nitrogen and oxygen atoms in total. The van der Waals surface area contributed by atoms with Crippen molar-refractivity contribution in [1.82, 2.24) is 0 Å². The van der Waals surface area contributed by atoms with E-state index in [4.69, 9.17) is 23.7 Å². The van der Waals surface area contributed by atoms with Crippen LogP contribution >= 0.6 is 0 Å². The van der Waals surface area contributed by atoms with Crippen LogP contribution in [-0.4, -0.2) is 89.2 Å². The van der Waals surface area contributed by atoms with Gasteiger partial charge < -0.3 is 39.0 Å². The first-order valence-electron chi connectivity index (χ1n) is 31.6. The predicted octanol–water partition coefficient (Wildman–Crippen LogP) is 16.6. The Kier molecular flexibility index (Phi) is 49.7. The summed E-state index contributed by atoms with van der Waals surface area (Å²) in [7, 11) is 0. The minimum atomic E-state index is -1.91. The molecule has 12 heteroatoms. The maximum absolute atomic E-state index is 13.1. The number of allylic oxidation sites excluding steroid dienone is 8. The number of aliphatic hydroxyl groups excluding tert-OH is 2. The average molecular weight is 1090 g/mol. The van der Waals surface area contributed by atoms with Crippen molar-refractivity contribution >= 4 is 23.9 Å². The number of carboxylic acid groups (broad SMARTS) is 1. The van der Waals surface area contributed by atoms with Crippen molar-refractivity contribution in [3.63, 3.8) is 0 Å². The molecular formula is C65H114O12. The van der Waals surface area contributed by atoms with Crippen molar-refractivity contribution in [3.8, 4) is 0 Å². The van der Waals surface area contributed by atoms with E-state index in [2.05, 4.69) is 69.4 Å². The fourth-order valence-corrected chi connectivity index (χ4v) is 9.60. The van der Waals surface area contributed by atoms with Gasteiger partial charge in [-0.25, -0.2) is 4.79 Å². The number of unbranched alkanes of at least 4 members (excludes halogenated alkanes) is 32. The second-order valence-electron chi connectivity index (χ2n) is 21.7. The number of carbonyl (C=O) groups excluding carboxylic acids is 3. The first-order chi connectivity index (χ1) is 37.6. The van der Waals surface area contributed by atoms with Crippen molar-refractivity contribution < 1.29 is 58.2 Å². The van der Waals surface area contributed by atoms with E-state index in [1.54, 1.807) is 0 Å². The molecule has 0 saturated carbocycles. The quantitative estimate of drug-likeness (QED) is 0.0228. The second-order valence-corrected chi connectivity index (χ2v) is 21.7. The average Bonchev–Trinajstić information content (AvgIpc) is 3.41. The van der Waals surface area contributed by atoms with Gasteiger partial charge in [0.05, 0.1) is 6.61 Å². The van der Waals surface area contributed by atoms with Crippen LogP contribution in [0.15, 0.2) is 48.6 Å². The first kappa shape index (κ1) is 71.7. The topological polar surface area (TPSA) is 175 Å². The maximum atomic E-state index is 13.1. The van der Waals surface area contributed by atoms with Crippen molar-refractivity contribution in [2.24, 2.45) is 0 Å². The molecule has 77 heavy (non-hydrogen) atoms. The highest BCUT2D eigenvalue weighted by Gasteiger charge is 2.50. The van der Waals surface area contributed by atoms with Crippen molar-refractivity contribution in [3.05, 3.63) is 48.6 Å². The number of carbonyl (C=O) groups is 4. The fraction of sp³-hybridized carbons (Fsp3) is 0.815. The van der Waals surface area contributed by atoms with Gasteiger partial charge in [0, 0.05) is 19.3 Å². The van der Waals surface area contributed by atoms with Crippen LogP contribution in [-0.2, 0) is 42.9 Å². The molecule has 6 atom stereocenters. The molecule has 0 aromatic heterocycles. The Morgan fingerprint density at radius 3 is 1.25 bits per heavy atom. The molecule has 3 N–H and O–H groups in total. The van der Waals surface area contributed by atoms with Gasteiger partial charge in [0.15, 0.2) is 24.6 Å². The fourth-order valence-electron chi connectivity index (χ4n) is 9.60. The van der Waals surface area contributed by atoms with Gasteiger partial charge in [-0.05, 0) is 57.8 Å². The second kappa shape index (κ2) is 53.3. The number of aliphatic carboxylic acids is 1. The summed E-state index contributed by atoms with van der Waals surface area (Å²) in [5.41, 5.74) is 0. The van der Waals surface area contributed by atoms with Crippen LogP contribution in [0, 0.1) is 0 Å². The third-order valence-corrected chi connectivity index (χ3v) is 14.4. The van der Waals surface area contributed by atoms with Crippen LogP contribution in [0.4, 0.5) is 0 Å². The first-order valence-corrected chi connectivity index (χ1v) is 31.6. The largest absolute Gasteiger partial charge is 0.479 e. The van der Waals surface area contributed by atoms with Gasteiger partial charge in [-0.3, -0.25) is 14.4 Å². The van der Waals surface area contributed by atoms with E-state index in [-0.39, 0.29) is 25.9 Å². The Morgan fingerprint density at radius 2 is 0.818 bits per heavy atom. The van der Waals surface area contributed by atoms with E-state index in [9.17, 15) is 34.5 Å². The van der Waals surface area contributed by atoms with Crippen LogP contribution in [0.2, 0.25) is 0 Å². The zero-order chi connectivity index (χ0) is 56.1. The molecule has 1 aliphatic heterocycles. The van der Waals surface area contributed by atoms with Crippen molar-refractivity contribution in [2.45, 2.75) is 327 Å². The summed E-state index contributed by atoms with van der Waals surface area (Å²) in [4.78, 5) is 51.2. The van der Waals surface area contributed by atoms with Crippen LogP contribution in [0.25, 0.3) is 0 Å². The molecular weight excluding hydrogens is 973 g/mol. The van der Waals surface area contributed by atoms with E-state index in [1.165, 1.54) is 148 Å². The normalized spacial score (nSPS) is 18.3. The predicted molar refractivity (Wildman–Crippen MR) is 312 cm³/mol. The molecule has 1 heterocycles. The van der Waals surface area contributed by atoms with Crippen LogP contribution in [0.1, 0.15) is 290 Å². The Labute approximate surface area is 469 Å². The molecule has 446 valence electrons. The van der Waals surface area contributed by atoms with E-state index < -0.39 is 67.3 Å². The lowest BCUT2D eigenvalue weighted by Gasteiger charge is -2.40. The summed E-state index contributed by atoms with van der Waals surface area (Å²) in [6, 6.07) is 0. The molecule has 0 bridgehead atoms. The lowest BCUT2D eigenvalue weighted by Crippen LogP contribution is -2.61. The zero-order valence-electron chi connectivity index (χ0n) is 49.2. The highest BCUT2D eigenvalue weighted by Crippen LogP contribution is 2.27. The minimum absolute atomic E-state index is 0.0597. The number of esters is 3. The third kappa shape index (κ3) is 43.2. The van der Waals surface area contributed by atoms with E-state index in [1.807, 2.05) is 0 Å². The van der Waals surface area contributed by atoms with Gasteiger partial charge in [-0.1, -0.05) is 262 Å². The Balaban J connectivity index is 2.66. The Morgan fingerprint density at radius 1 is 0.442 bits per heavy atom. The molecule has 1 aliphatic rings. The van der Waals surface area contributed by atoms with Gasteiger partial charge in [0.2, 0.25) is 0 Å². The molecule has 0 aromatic carbocycles. The Hall–Kier alpha value is -3.32. The van der Waals surface area contributed by atoms with Crippen molar-refractivity contribution in [1.29, 1.82) is 0 Å². The molecule has 1 rings (SSSR count). The zero-order valence-corrected chi connectivity index (χ0v) is 49.2. The van der Waals surface area contributed by atoms with E-state index >= 15 is 0 Å². The number of carboxylic acids is 1. The summed E-state index contributed by atoms with van der Waals surface area (Å²) < 4.78 is 28.5. The number of aliphatic hydroxyl groups is 2. The monoisotopic (exact) mass is 1090 g/mol. The van der Waals surface area contributed by atoms with Crippen LogP contribution in [0.3, 0.4) is 0 Å². The molecule has 0 radical (unpaired) electrons. The SMILES string of the molecule is CC/C=C\C/C=C\C/C=C\C/C=C\CCCCC(=O)OC(COC(=O)CCCCCCCCCCCCCCCCCCCCC)COC1OC(C(=O)O)C(O)C(O)C1OC(=O)CCCCCCCCCCCCCCC. The summed E-state index contributed by atoms with van der Waals surface area (Å²) >= 11 is 0. The molecule has 0 aromatic rings. The molecule has 0 amide bonds. The van der Waals surface area contributed by atoms with Gasteiger partial charge in [0.25, 0.3) is 0 Å². The highest BCUT2D eigenvalue weighted by atomic mass is 16.7. The lowest BCUT2D eigenvalue weighted by molar-refractivity contribution is -0.301. The van der Waals surface area contributed by atoms with Gasteiger partial charge >= 0.3 is 23.9 Å². The molecule has 6 unspecified atom stereocenters. The number of ether oxygens (including phenoxy) is 5. The van der Waals surface area contributed by atoms with Crippen LogP contribution < -0.4 is 0 Å². The summed E-state index contributed by atoms with van der Waals surface area (Å²) in [6.45, 7) is 5.88. The van der Waals surface area contributed by atoms with Gasteiger partial charge in [0.1, 0.15) is 18.8 Å². The van der Waals surface area contributed by atoms with Gasteiger partial charge in [-0.2, -0.15) is 0 Å². The summed E-state index contributed by atoms with van der Waals surface area (Å²) in [5, 5.41) is 31.5.